The van der Waals surface area contributed by atoms with Gasteiger partial charge in [0.15, 0.2) is 6.10 Å². The van der Waals surface area contributed by atoms with Gasteiger partial charge in [-0.25, -0.2) is 9.59 Å². The van der Waals surface area contributed by atoms with Crippen LogP contribution in [-0.4, -0.2) is 69.9 Å². The molecule has 0 unspecified atom stereocenters. The Morgan fingerprint density at radius 2 is 1.94 bits per heavy atom. The van der Waals surface area contributed by atoms with Crippen LogP contribution in [-0.2, 0) is 28.6 Å². The lowest BCUT2D eigenvalue weighted by atomic mass is 9.95. The first-order valence-corrected chi connectivity index (χ1v) is 11.1. The van der Waals surface area contributed by atoms with Crippen LogP contribution >= 0.6 is 11.8 Å². The van der Waals surface area contributed by atoms with Gasteiger partial charge >= 0.3 is 12.1 Å². The molecule has 3 saturated heterocycles. The van der Waals surface area contributed by atoms with E-state index >= 15 is 0 Å². The van der Waals surface area contributed by atoms with E-state index in [1.165, 1.54) is 16.7 Å². The number of carbonyl (C=O) groups is 4. The highest BCUT2D eigenvalue weighted by molar-refractivity contribution is 8.01. The Bertz CT molecular complexity index is 941. The van der Waals surface area contributed by atoms with Crippen molar-refractivity contribution in [2.45, 2.75) is 61.2 Å². The Morgan fingerprint density at radius 3 is 2.56 bits per heavy atom. The lowest BCUT2D eigenvalue weighted by Crippen LogP contribution is -2.71. The number of rotatable bonds is 6. The SMILES string of the molecule is C[C@@H]1OC(=O)O[C@@H]1COC(=O)[C@@H]1N2C(=O)[C@H](NC(=O)[C@@H](N)c3ccccc3)[C@@H]2SC1(C)C. The molecule has 4 rings (SSSR count). The molecule has 172 valence electrons. The van der Waals surface area contributed by atoms with E-state index < -0.39 is 58.5 Å². The molecule has 0 radical (unpaired) electrons. The third-order valence-electron chi connectivity index (χ3n) is 5.85. The number of esters is 1. The minimum absolute atomic E-state index is 0.165. The highest BCUT2D eigenvalue weighted by Gasteiger charge is 2.64. The van der Waals surface area contributed by atoms with Crippen molar-refractivity contribution in [1.29, 1.82) is 0 Å². The standard InChI is InChI=1S/C21H25N3O7S/c1-10-12(31-20(28)30-10)9-29-19(27)15-21(2,3)32-18-14(17(26)24(15)18)23-16(25)13(22)11-7-5-4-6-8-11/h4-8,10,12-15,18H,9,22H2,1-3H3,(H,23,25)/t10-,12+,13-,14-,15-,18-/m0/s1. The molecule has 3 N–H and O–H groups in total. The van der Waals surface area contributed by atoms with Gasteiger partial charge < -0.3 is 30.2 Å². The number of hydrogen-bond donors (Lipinski definition) is 2. The Hall–Kier alpha value is -2.79. The molecular formula is C21H25N3O7S. The number of cyclic esters (lactones) is 2. The summed E-state index contributed by atoms with van der Waals surface area (Å²) >= 11 is 1.41. The number of amides is 2. The molecule has 2 amide bonds. The van der Waals surface area contributed by atoms with Crippen molar-refractivity contribution < 1.29 is 33.4 Å². The summed E-state index contributed by atoms with van der Waals surface area (Å²) < 4.78 is 14.5. The molecule has 0 bridgehead atoms. The lowest BCUT2D eigenvalue weighted by molar-refractivity contribution is -0.166. The van der Waals surface area contributed by atoms with Gasteiger partial charge in [0.1, 0.15) is 36.2 Å². The van der Waals surface area contributed by atoms with Crippen molar-refractivity contribution in [1.82, 2.24) is 10.2 Å². The smallest absolute Gasteiger partial charge is 0.460 e. The highest BCUT2D eigenvalue weighted by atomic mass is 32.2. The average molecular weight is 464 g/mol. The fourth-order valence-electron chi connectivity index (χ4n) is 4.07. The van der Waals surface area contributed by atoms with Crippen molar-refractivity contribution in [2.24, 2.45) is 5.73 Å². The number of ether oxygens (including phenoxy) is 3. The van der Waals surface area contributed by atoms with Gasteiger partial charge in [-0.15, -0.1) is 11.8 Å². The van der Waals surface area contributed by atoms with Gasteiger partial charge in [-0.1, -0.05) is 30.3 Å². The van der Waals surface area contributed by atoms with Crippen molar-refractivity contribution >= 4 is 35.7 Å². The molecule has 32 heavy (non-hydrogen) atoms. The molecule has 0 saturated carbocycles. The van der Waals surface area contributed by atoms with E-state index in [0.717, 1.165) is 0 Å². The first-order valence-electron chi connectivity index (χ1n) is 10.2. The van der Waals surface area contributed by atoms with Crippen LogP contribution in [0.2, 0.25) is 0 Å². The lowest BCUT2D eigenvalue weighted by Gasteiger charge is -2.44. The normalized spacial score (nSPS) is 31.1. The van der Waals surface area contributed by atoms with E-state index in [1.807, 2.05) is 19.9 Å². The molecule has 10 nitrogen and oxygen atoms in total. The van der Waals surface area contributed by atoms with Gasteiger partial charge in [-0.2, -0.15) is 0 Å². The number of thioether (sulfide) groups is 1. The van der Waals surface area contributed by atoms with E-state index in [2.05, 4.69) is 5.32 Å². The Kier molecular flexibility index (Phi) is 5.80. The summed E-state index contributed by atoms with van der Waals surface area (Å²) in [6, 6.07) is 6.35. The maximum absolute atomic E-state index is 12.9. The predicted molar refractivity (Wildman–Crippen MR) is 113 cm³/mol. The largest absolute Gasteiger partial charge is 0.509 e. The van der Waals surface area contributed by atoms with Crippen LogP contribution in [0, 0.1) is 0 Å². The number of nitrogens with zero attached hydrogens (tertiary/aromatic N) is 1. The van der Waals surface area contributed by atoms with E-state index in [4.69, 9.17) is 19.9 Å². The molecule has 1 aromatic carbocycles. The van der Waals surface area contributed by atoms with Crippen LogP contribution in [0.15, 0.2) is 30.3 Å². The van der Waals surface area contributed by atoms with Crippen LogP contribution in [0.4, 0.5) is 4.79 Å². The zero-order chi connectivity index (χ0) is 23.2. The molecule has 3 aliphatic heterocycles. The van der Waals surface area contributed by atoms with Crippen molar-refractivity contribution in [3.8, 4) is 0 Å². The summed E-state index contributed by atoms with van der Waals surface area (Å²) in [7, 11) is 0. The third kappa shape index (κ3) is 3.90. The average Bonchev–Trinajstić information content (AvgIpc) is 3.22. The third-order valence-corrected chi connectivity index (χ3v) is 7.42. The Balaban J connectivity index is 1.39. The highest BCUT2D eigenvalue weighted by Crippen LogP contribution is 2.51. The minimum atomic E-state index is -0.906. The molecule has 3 aliphatic rings. The fraction of sp³-hybridized carbons (Fsp3) is 0.524. The number of benzene rings is 1. The summed E-state index contributed by atoms with van der Waals surface area (Å²) in [6.45, 7) is 5.15. The van der Waals surface area contributed by atoms with Crippen molar-refractivity contribution in [2.75, 3.05) is 6.61 Å². The van der Waals surface area contributed by atoms with Gasteiger partial charge in [0.25, 0.3) is 0 Å². The second kappa shape index (κ2) is 8.28. The summed E-state index contributed by atoms with van der Waals surface area (Å²) in [5, 5.41) is 2.31. The predicted octanol–water partition coefficient (Wildman–Crippen LogP) is 0.701. The van der Waals surface area contributed by atoms with Gasteiger partial charge in [-0.3, -0.25) is 9.59 Å². The molecule has 0 aromatic heterocycles. The topological polar surface area (TPSA) is 137 Å². The van der Waals surface area contributed by atoms with Gasteiger partial charge in [0.05, 0.1) is 0 Å². The van der Waals surface area contributed by atoms with E-state index in [1.54, 1.807) is 31.2 Å². The molecule has 0 aliphatic carbocycles. The number of hydrogen-bond acceptors (Lipinski definition) is 9. The zero-order valence-electron chi connectivity index (χ0n) is 17.8. The van der Waals surface area contributed by atoms with Crippen LogP contribution in [0.25, 0.3) is 0 Å². The summed E-state index contributed by atoms with van der Waals surface area (Å²) in [4.78, 5) is 50.9. The number of nitrogens with one attached hydrogen (secondary N) is 1. The Labute approximate surface area is 189 Å². The fourth-order valence-corrected chi connectivity index (χ4v) is 5.69. The van der Waals surface area contributed by atoms with E-state index in [0.29, 0.717) is 5.56 Å². The molecule has 6 atom stereocenters. The zero-order valence-corrected chi connectivity index (χ0v) is 18.7. The monoisotopic (exact) mass is 463 g/mol. The van der Waals surface area contributed by atoms with Gasteiger partial charge in [0, 0.05) is 4.75 Å². The quantitative estimate of drug-likeness (QED) is 0.461. The summed E-state index contributed by atoms with van der Waals surface area (Å²) in [6.07, 6.45) is -2.04. The molecular weight excluding hydrogens is 438 g/mol. The summed E-state index contributed by atoms with van der Waals surface area (Å²) in [5.74, 6) is -1.43. The molecule has 0 spiro atoms. The number of nitrogens with two attached hydrogens (primary N) is 1. The van der Waals surface area contributed by atoms with Crippen LogP contribution in [0.3, 0.4) is 0 Å². The number of β-lactam (4-membered cyclic amide) rings is 1. The first-order chi connectivity index (χ1) is 15.1. The van der Waals surface area contributed by atoms with Crippen LogP contribution in [0.1, 0.15) is 32.4 Å². The number of carbonyl (C=O) groups excluding carboxylic acids is 4. The second-order valence-electron chi connectivity index (χ2n) is 8.49. The van der Waals surface area contributed by atoms with Crippen LogP contribution < -0.4 is 11.1 Å². The number of fused-ring (bicyclic) bond motifs is 1. The maximum Gasteiger partial charge on any atom is 0.509 e. The minimum Gasteiger partial charge on any atom is -0.460 e. The molecule has 11 heteroatoms. The first kappa shape index (κ1) is 22.4. The molecule has 3 fully saturated rings. The van der Waals surface area contributed by atoms with E-state index in [9.17, 15) is 19.2 Å². The van der Waals surface area contributed by atoms with Gasteiger partial charge in [0.2, 0.25) is 11.8 Å². The van der Waals surface area contributed by atoms with E-state index in [-0.39, 0.29) is 12.5 Å². The van der Waals surface area contributed by atoms with Crippen molar-refractivity contribution in [3.05, 3.63) is 35.9 Å². The van der Waals surface area contributed by atoms with Crippen molar-refractivity contribution in [3.63, 3.8) is 0 Å². The molecule has 1 aromatic rings. The maximum atomic E-state index is 12.9. The summed E-state index contributed by atoms with van der Waals surface area (Å²) in [5.41, 5.74) is 6.67. The second-order valence-corrected chi connectivity index (χ2v) is 10.3. The van der Waals surface area contributed by atoms with Crippen LogP contribution in [0.5, 0.6) is 0 Å². The molecule has 3 heterocycles. The Morgan fingerprint density at radius 1 is 1.25 bits per heavy atom. The van der Waals surface area contributed by atoms with Gasteiger partial charge in [-0.05, 0) is 26.3 Å².